The molecular weight excluding hydrogens is 622 g/mol. The smallest absolute Gasteiger partial charge is 0.407 e. The largest absolute Gasteiger partial charge is 0.444 e. The van der Waals surface area contributed by atoms with Gasteiger partial charge < -0.3 is 24.3 Å². The average molecular weight is 666 g/mol. The molecule has 0 unspecified atom stereocenters. The fraction of sp³-hybridized carbons (Fsp3) is 0.545. The summed E-state index contributed by atoms with van der Waals surface area (Å²) < 4.78 is 15.3. The molecule has 13 heteroatoms. The van der Waals surface area contributed by atoms with Crippen molar-refractivity contribution in [2.75, 3.05) is 11.5 Å². The Morgan fingerprint density at radius 2 is 1.87 bits per heavy atom. The number of rotatable bonds is 9. The van der Waals surface area contributed by atoms with Gasteiger partial charge >= 0.3 is 6.09 Å². The van der Waals surface area contributed by atoms with E-state index in [0.29, 0.717) is 46.1 Å². The van der Waals surface area contributed by atoms with E-state index in [1.165, 1.54) is 0 Å². The number of amides is 1. The van der Waals surface area contributed by atoms with Crippen molar-refractivity contribution in [3.63, 3.8) is 0 Å². The second-order valence-corrected chi connectivity index (χ2v) is 20.8. The Labute approximate surface area is 275 Å². The van der Waals surface area contributed by atoms with Crippen LogP contribution in [0, 0.1) is 0 Å². The van der Waals surface area contributed by atoms with E-state index in [-0.39, 0.29) is 24.2 Å². The number of carbonyl (C=O) groups is 2. The van der Waals surface area contributed by atoms with Gasteiger partial charge in [-0.05, 0) is 58.6 Å². The minimum atomic E-state index is -1.26. The van der Waals surface area contributed by atoms with E-state index in [9.17, 15) is 9.59 Å². The number of fused-ring (bicyclic) bond motifs is 4. The van der Waals surface area contributed by atoms with Crippen LogP contribution in [-0.2, 0) is 23.3 Å². The zero-order chi connectivity index (χ0) is 33.0. The van der Waals surface area contributed by atoms with E-state index < -0.39 is 13.7 Å². The van der Waals surface area contributed by atoms with Crippen molar-refractivity contribution in [2.45, 2.75) is 103 Å². The number of anilines is 1. The van der Waals surface area contributed by atoms with Crippen LogP contribution in [0.15, 0.2) is 24.5 Å². The number of carbonyl (C=O) groups excluding carboxylic acids is 2. The Hall–Kier alpha value is -3.48. The van der Waals surface area contributed by atoms with Crippen LogP contribution < -0.4 is 10.2 Å². The highest BCUT2D eigenvalue weighted by molar-refractivity contribution is 6.76. The molecule has 4 aromatic rings. The zero-order valence-electron chi connectivity index (χ0n) is 27.8. The summed E-state index contributed by atoms with van der Waals surface area (Å²) >= 11 is 7.00. The highest BCUT2D eigenvalue weighted by Crippen LogP contribution is 2.41. The standard InChI is InChI=1S/C33H44ClN7O4Si/c1-33(2,3)45-32(43)36-20-14-21-8-9-22(15-20)41(21)27-16-35-30-24(17-40(31(30)37-27)19-44-12-13-46(5,6)7)23-10-11-25-28(29(23)34)26(18-42)39(4)38-25/h10-11,16-18,20-22H,8-9,12-15,19H2,1-7H3,(H,36,43)/t20-,21+,22-. The number of alkyl carbamates (subject to hydrolysis) is 1. The van der Waals surface area contributed by atoms with Crippen LogP contribution in [-0.4, -0.2) is 75.1 Å². The van der Waals surface area contributed by atoms with Gasteiger partial charge in [-0.3, -0.25) is 9.48 Å². The molecule has 0 aliphatic carbocycles. The number of aryl methyl sites for hydroxylation is 1. The van der Waals surface area contributed by atoms with Crippen molar-refractivity contribution in [2.24, 2.45) is 7.05 Å². The monoisotopic (exact) mass is 665 g/mol. The lowest BCUT2D eigenvalue weighted by atomic mass is 9.97. The highest BCUT2D eigenvalue weighted by Gasteiger charge is 2.42. The third kappa shape index (κ3) is 6.52. The lowest BCUT2D eigenvalue weighted by Gasteiger charge is -2.39. The molecule has 5 heterocycles. The molecule has 46 heavy (non-hydrogen) atoms. The van der Waals surface area contributed by atoms with E-state index in [1.807, 2.05) is 49.9 Å². The van der Waals surface area contributed by atoms with Gasteiger partial charge in [-0.15, -0.1) is 0 Å². The van der Waals surface area contributed by atoms with Crippen molar-refractivity contribution in [1.29, 1.82) is 0 Å². The molecule has 2 bridgehead atoms. The van der Waals surface area contributed by atoms with E-state index >= 15 is 0 Å². The van der Waals surface area contributed by atoms with Gasteiger partial charge in [0.2, 0.25) is 0 Å². The van der Waals surface area contributed by atoms with Crippen LogP contribution >= 0.6 is 11.6 Å². The Morgan fingerprint density at radius 3 is 2.52 bits per heavy atom. The van der Waals surface area contributed by atoms with Crippen molar-refractivity contribution in [1.82, 2.24) is 29.6 Å². The van der Waals surface area contributed by atoms with E-state index in [1.54, 1.807) is 11.7 Å². The minimum Gasteiger partial charge on any atom is -0.444 e. The molecule has 1 N–H and O–H groups in total. The second-order valence-electron chi connectivity index (χ2n) is 14.8. The number of nitrogens with zero attached hydrogens (tertiary/aromatic N) is 6. The molecule has 3 atom stereocenters. The highest BCUT2D eigenvalue weighted by atomic mass is 35.5. The third-order valence-corrected chi connectivity index (χ3v) is 11.0. The van der Waals surface area contributed by atoms with Crippen LogP contribution in [0.2, 0.25) is 30.7 Å². The molecule has 0 radical (unpaired) electrons. The van der Waals surface area contributed by atoms with E-state index in [4.69, 9.17) is 31.0 Å². The summed E-state index contributed by atoms with van der Waals surface area (Å²) in [5.74, 6) is 0.820. The quantitative estimate of drug-likeness (QED) is 0.118. The number of nitrogens with one attached hydrogen (secondary N) is 1. The fourth-order valence-electron chi connectivity index (χ4n) is 6.76. The summed E-state index contributed by atoms with van der Waals surface area (Å²) in [6.45, 7) is 13.6. The van der Waals surface area contributed by atoms with Gasteiger partial charge in [0.1, 0.15) is 29.4 Å². The number of aromatic nitrogens is 5. The average Bonchev–Trinajstić information content (AvgIpc) is 3.57. The molecule has 2 fully saturated rings. The van der Waals surface area contributed by atoms with Crippen LogP contribution in [0.25, 0.3) is 33.2 Å². The summed E-state index contributed by atoms with van der Waals surface area (Å²) in [6.07, 6.45) is 7.97. The first kappa shape index (κ1) is 32.5. The van der Waals surface area contributed by atoms with E-state index in [2.05, 4.69) is 35.0 Å². The van der Waals surface area contributed by atoms with E-state index in [0.717, 1.165) is 55.0 Å². The summed E-state index contributed by atoms with van der Waals surface area (Å²) in [5.41, 5.74) is 3.55. The van der Waals surface area contributed by atoms with Gasteiger partial charge in [0.15, 0.2) is 11.9 Å². The Bertz CT molecular complexity index is 1780. The van der Waals surface area contributed by atoms with Crippen LogP contribution in [0.4, 0.5) is 10.6 Å². The summed E-state index contributed by atoms with van der Waals surface area (Å²) in [6, 6.07) is 5.40. The maximum atomic E-state index is 12.5. The topological polar surface area (TPSA) is 116 Å². The van der Waals surface area contributed by atoms with Gasteiger partial charge in [-0.1, -0.05) is 37.3 Å². The number of benzene rings is 1. The van der Waals surface area contributed by atoms with Crippen molar-refractivity contribution in [3.05, 3.63) is 35.2 Å². The van der Waals surface area contributed by atoms with Crippen LogP contribution in [0.5, 0.6) is 0 Å². The molecule has 0 saturated carbocycles. The SMILES string of the molecule is Cn1nc2ccc(-c3cn(COCC[Si](C)(C)C)c4nc(N5[C@@H]6CC[C@H]5C[C@@H](NC(=O)OC(C)(C)C)C6)cnc34)c(Cl)c2c1C=O. The molecule has 2 aliphatic rings. The zero-order valence-corrected chi connectivity index (χ0v) is 29.5. The lowest BCUT2D eigenvalue weighted by molar-refractivity contribution is 0.0492. The van der Waals surface area contributed by atoms with Gasteiger partial charge in [0, 0.05) is 62.6 Å². The fourth-order valence-corrected chi connectivity index (χ4v) is 7.87. The predicted octanol–water partition coefficient (Wildman–Crippen LogP) is 6.79. The molecular formula is C33H44ClN7O4Si. The molecule has 11 nitrogen and oxygen atoms in total. The van der Waals surface area contributed by atoms with Crippen molar-refractivity contribution in [3.8, 4) is 11.1 Å². The summed E-state index contributed by atoms with van der Waals surface area (Å²) in [5, 5.41) is 8.62. The predicted molar refractivity (Wildman–Crippen MR) is 183 cm³/mol. The molecule has 6 rings (SSSR count). The number of hydrogen-bond acceptors (Lipinski definition) is 8. The van der Waals surface area contributed by atoms with Gasteiger partial charge in [0.25, 0.3) is 0 Å². The number of halogens is 1. The molecule has 2 aliphatic heterocycles. The molecule has 2 saturated heterocycles. The van der Waals surface area contributed by atoms with Crippen LogP contribution in [0.3, 0.4) is 0 Å². The molecule has 1 aromatic carbocycles. The van der Waals surface area contributed by atoms with Gasteiger partial charge in [0.05, 0.1) is 16.7 Å². The first-order valence-corrected chi connectivity index (χ1v) is 20.1. The first-order valence-electron chi connectivity index (χ1n) is 16.0. The number of aldehydes is 1. The molecule has 0 spiro atoms. The molecule has 1 amide bonds. The first-order chi connectivity index (χ1) is 21.7. The molecule has 246 valence electrons. The van der Waals surface area contributed by atoms with Gasteiger partial charge in [-0.25, -0.2) is 14.8 Å². The maximum absolute atomic E-state index is 12.5. The molecule has 3 aromatic heterocycles. The van der Waals surface area contributed by atoms with Crippen LogP contribution in [0.1, 0.15) is 56.9 Å². The van der Waals surface area contributed by atoms with Crippen molar-refractivity contribution >= 4 is 59.9 Å². The third-order valence-electron chi connectivity index (χ3n) is 8.88. The lowest BCUT2D eigenvalue weighted by Crippen LogP contribution is -2.51. The minimum absolute atomic E-state index is 0.0521. The normalized spacial score (nSPS) is 20.1. The second kappa shape index (κ2) is 12.3. The number of hydrogen-bond donors (Lipinski definition) is 1. The Balaban J connectivity index is 1.33. The number of piperidine rings is 1. The van der Waals surface area contributed by atoms with Gasteiger partial charge in [-0.2, -0.15) is 5.10 Å². The van der Waals surface area contributed by atoms with Crippen molar-refractivity contribution < 1.29 is 19.1 Å². The summed E-state index contributed by atoms with van der Waals surface area (Å²) in [4.78, 5) is 37.0. The number of ether oxygens (including phenoxy) is 2. The summed E-state index contributed by atoms with van der Waals surface area (Å²) in [7, 11) is 0.474. The Morgan fingerprint density at radius 1 is 1.15 bits per heavy atom. The maximum Gasteiger partial charge on any atom is 0.407 e. The Kier molecular flexibility index (Phi) is 8.66.